The third-order valence-electron chi connectivity index (χ3n) is 1.86. The number of nitrogens with one attached hydrogen (secondary N) is 2. The van der Waals surface area contributed by atoms with Crippen LogP contribution < -0.4 is 10.6 Å². The van der Waals surface area contributed by atoms with Gasteiger partial charge in [-0.05, 0) is 26.8 Å². The molecular weight excluding hydrogens is 208 g/mol. The summed E-state index contributed by atoms with van der Waals surface area (Å²) in [7, 11) is 0. The fourth-order valence-corrected chi connectivity index (χ4v) is 1.19. The lowest BCUT2D eigenvalue weighted by molar-refractivity contribution is -0.121. The smallest absolute Gasteiger partial charge is 0.221 e. The van der Waals surface area contributed by atoms with Crippen molar-refractivity contribution in [3.8, 4) is 0 Å². The molecule has 0 rings (SSSR count). The first kappa shape index (κ1) is 15.3. The molecule has 0 aliphatic heterocycles. The molecule has 5 nitrogen and oxygen atoms in total. The van der Waals surface area contributed by atoms with Gasteiger partial charge in [0.25, 0.3) is 0 Å². The fourth-order valence-electron chi connectivity index (χ4n) is 1.19. The normalized spacial score (nSPS) is 10.8. The van der Waals surface area contributed by atoms with Crippen molar-refractivity contribution in [2.24, 2.45) is 0 Å². The minimum absolute atomic E-state index is 0.0722. The van der Waals surface area contributed by atoms with Crippen LogP contribution in [0.5, 0.6) is 0 Å². The molecule has 0 bridgehead atoms. The molecule has 0 fully saturated rings. The SMILES string of the molecule is CC(C)NC(=O)CCNCCCOCCO. The highest BCUT2D eigenvalue weighted by Gasteiger charge is 2.01. The van der Waals surface area contributed by atoms with Crippen molar-refractivity contribution >= 4 is 5.91 Å². The van der Waals surface area contributed by atoms with E-state index in [0.29, 0.717) is 26.2 Å². The van der Waals surface area contributed by atoms with Crippen molar-refractivity contribution < 1.29 is 14.6 Å². The van der Waals surface area contributed by atoms with Gasteiger partial charge >= 0.3 is 0 Å². The summed E-state index contributed by atoms with van der Waals surface area (Å²) in [6.45, 7) is 6.54. The van der Waals surface area contributed by atoms with E-state index in [9.17, 15) is 4.79 Å². The molecule has 0 saturated carbocycles. The van der Waals surface area contributed by atoms with E-state index in [2.05, 4.69) is 10.6 Å². The number of hydrogen-bond donors (Lipinski definition) is 3. The summed E-state index contributed by atoms with van der Waals surface area (Å²) in [5, 5.41) is 14.4. The zero-order valence-corrected chi connectivity index (χ0v) is 10.3. The third kappa shape index (κ3) is 11.4. The Morgan fingerprint density at radius 1 is 1.31 bits per heavy atom. The zero-order valence-electron chi connectivity index (χ0n) is 10.3. The van der Waals surface area contributed by atoms with Crippen LogP contribution in [0.4, 0.5) is 0 Å². The maximum atomic E-state index is 11.2. The fraction of sp³-hybridized carbons (Fsp3) is 0.909. The molecule has 0 aliphatic carbocycles. The van der Waals surface area contributed by atoms with Gasteiger partial charge in [-0.15, -0.1) is 0 Å². The number of carbonyl (C=O) groups excluding carboxylic acids is 1. The van der Waals surface area contributed by atoms with Crippen LogP contribution in [0.1, 0.15) is 26.7 Å². The lowest BCUT2D eigenvalue weighted by Crippen LogP contribution is -2.32. The van der Waals surface area contributed by atoms with Crippen molar-refractivity contribution in [2.45, 2.75) is 32.7 Å². The van der Waals surface area contributed by atoms with Crippen LogP contribution in [-0.4, -0.2) is 50.0 Å². The minimum atomic E-state index is 0.0722. The highest BCUT2D eigenvalue weighted by molar-refractivity contribution is 5.76. The molecule has 0 unspecified atom stereocenters. The van der Waals surface area contributed by atoms with Gasteiger partial charge in [0.15, 0.2) is 0 Å². The highest BCUT2D eigenvalue weighted by atomic mass is 16.5. The first-order valence-electron chi connectivity index (χ1n) is 5.85. The standard InChI is InChI=1S/C11H24N2O3/c1-10(2)13-11(15)4-6-12-5-3-8-16-9-7-14/h10,12,14H,3-9H2,1-2H3,(H,13,15). The number of aliphatic hydroxyl groups excluding tert-OH is 1. The molecule has 1 amide bonds. The Bertz CT molecular complexity index is 175. The Hall–Kier alpha value is -0.650. The van der Waals surface area contributed by atoms with E-state index in [-0.39, 0.29) is 18.6 Å². The van der Waals surface area contributed by atoms with E-state index >= 15 is 0 Å². The topological polar surface area (TPSA) is 70.6 Å². The van der Waals surface area contributed by atoms with E-state index in [4.69, 9.17) is 9.84 Å². The summed E-state index contributed by atoms with van der Waals surface area (Å²) in [4.78, 5) is 11.2. The lowest BCUT2D eigenvalue weighted by atomic mass is 10.3. The molecule has 3 N–H and O–H groups in total. The van der Waals surface area contributed by atoms with Gasteiger partial charge < -0.3 is 20.5 Å². The van der Waals surface area contributed by atoms with Crippen LogP contribution in [0, 0.1) is 0 Å². The predicted octanol–water partition coefficient (Wildman–Crippen LogP) is -0.110. The van der Waals surface area contributed by atoms with Gasteiger partial charge in [0.2, 0.25) is 5.91 Å². The minimum Gasteiger partial charge on any atom is -0.394 e. The first-order valence-corrected chi connectivity index (χ1v) is 5.85. The second kappa shape index (κ2) is 10.9. The van der Waals surface area contributed by atoms with Crippen molar-refractivity contribution in [3.63, 3.8) is 0 Å². The quantitative estimate of drug-likeness (QED) is 0.460. The molecule has 16 heavy (non-hydrogen) atoms. The Morgan fingerprint density at radius 2 is 2.06 bits per heavy atom. The summed E-state index contributed by atoms with van der Waals surface area (Å²) < 4.78 is 5.09. The molecule has 0 aromatic rings. The Morgan fingerprint density at radius 3 is 2.69 bits per heavy atom. The van der Waals surface area contributed by atoms with Crippen molar-refractivity contribution in [3.05, 3.63) is 0 Å². The second-order valence-corrected chi connectivity index (χ2v) is 3.91. The van der Waals surface area contributed by atoms with E-state index in [0.717, 1.165) is 13.0 Å². The largest absolute Gasteiger partial charge is 0.394 e. The van der Waals surface area contributed by atoms with Gasteiger partial charge in [-0.25, -0.2) is 0 Å². The number of aliphatic hydroxyl groups is 1. The van der Waals surface area contributed by atoms with Gasteiger partial charge in [-0.2, -0.15) is 0 Å². The average Bonchev–Trinajstić information content (AvgIpc) is 2.21. The maximum Gasteiger partial charge on any atom is 0.221 e. The molecular formula is C11H24N2O3. The predicted molar refractivity (Wildman–Crippen MR) is 63.3 cm³/mol. The van der Waals surface area contributed by atoms with E-state index < -0.39 is 0 Å². The highest BCUT2D eigenvalue weighted by Crippen LogP contribution is 1.84. The summed E-state index contributed by atoms with van der Waals surface area (Å²) in [5.41, 5.74) is 0. The number of rotatable bonds is 10. The van der Waals surface area contributed by atoms with Crippen molar-refractivity contribution in [1.29, 1.82) is 0 Å². The maximum absolute atomic E-state index is 11.2. The summed E-state index contributed by atoms with van der Waals surface area (Å²) >= 11 is 0. The van der Waals surface area contributed by atoms with Crippen LogP contribution in [0.25, 0.3) is 0 Å². The van der Waals surface area contributed by atoms with E-state index in [1.165, 1.54) is 0 Å². The summed E-state index contributed by atoms with van der Waals surface area (Å²) in [6.07, 6.45) is 1.40. The molecule has 96 valence electrons. The van der Waals surface area contributed by atoms with Crippen molar-refractivity contribution in [2.75, 3.05) is 32.9 Å². The molecule has 0 saturated heterocycles. The van der Waals surface area contributed by atoms with Gasteiger partial charge in [0, 0.05) is 25.6 Å². The molecule has 0 aromatic heterocycles. The monoisotopic (exact) mass is 232 g/mol. The second-order valence-electron chi connectivity index (χ2n) is 3.91. The van der Waals surface area contributed by atoms with Gasteiger partial charge in [-0.1, -0.05) is 0 Å². The number of ether oxygens (including phenoxy) is 1. The average molecular weight is 232 g/mol. The van der Waals surface area contributed by atoms with E-state index in [1.54, 1.807) is 0 Å². The Kier molecular flexibility index (Phi) is 10.4. The number of hydrogen-bond acceptors (Lipinski definition) is 4. The zero-order chi connectivity index (χ0) is 12.2. The molecule has 0 spiro atoms. The van der Waals surface area contributed by atoms with Crippen LogP contribution in [0.3, 0.4) is 0 Å². The van der Waals surface area contributed by atoms with Crippen molar-refractivity contribution in [1.82, 2.24) is 10.6 Å². The summed E-state index contributed by atoms with van der Waals surface area (Å²) in [5.74, 6) is 0.0824. The van der Waals surface area contributed by atoms with E-state index in [1.807, 2.05) is 13.8 Å². The Labute approximate surface area is 97.6 Å². The molecule has 0 radical (unpaired) electrons. The van der Waals surface area contributed by atoms with Crippen LogP contribution in [0.2, 0.25) is 0 Å². The number of amides is 1. The van der Waals surface area contributed by atoms with Crippen LogP contribution >= 0.6 is 0 Å². The molecule has 5 heteroatoms. The first-order chi connectivity index (χ1) is 7.66. The third-order valence-corrected chi connectivity index (χ3v) is 1.86. The van der Waals surface area contributed by atoms with Gasteiger partial charge in [-0.3, -0.25) is 4.79 Å². The molecule has 0 heterocycles. The Balaban J connectivity index is 3.11. The van der Waals surface area contributed by atoms with Gasteiger partial charge in [0.05, 0.1) is 13.2 Å². The molecule has 0 aliphatic rings. The summed E-state index contributed by atoms with van der Waals surface area (Å²) in [6, 6.07) is 0.208. The molecule has 0 atom stereocenters. The number of carbonyl (C=O) groups is 1. The molecule has 0 aromatic carbocycles. The van der Waals surface area contributed by atoms with Crippen LogP contribution in [-0.2, 0) is 9.53 Å². The lowest BCUT2D eigenvalue weighted by Gasteiger charge is -2.08. The van der Waals surface area contributed by atoms with Gasteiger partial charge in [0.1, 0.15) is 0 Å². The van der Waals surface area contributed by atoms with Crippen LogP contribution in [0.15, 0.2) is 0 Å².